The number of aromatic nitrogens is 5. The quantitative estimate of drug-likeness (QED) is 0.636. The van der Waals surface area contributed by atoms with E-state index in [2.05, 4.69) is 25.5 Å². The van der Waals surface area contributed by atoms with Gasteiger partial charge in [0.25, 0.3) is 5.95 Å². The fraction of sp³-hybridized carbons (Fsp3) is 0.500. The molecule has 0 radical (unpaired) electrons. The zero-order chi connectivity index (χ0) is 14.9. The van der Waals surface area contributed by atoms with Gasteiger partial charge >= 0.3 is 6.01 Å². The molecule has 0 saturated heterocycles. The summed E-state index contributed by atoms with van der Waals surface area (Å²) >= 11 is 0. The minimum atomic E-state index is -0.0435. The van der Waals surface area contributed by atoms with Crippen LogP contribution in [-0.2, 0) is 0 Å². The Bertz CT molecular complexity index is 621. The Morgan fingerprint density at radius 2 is 1.85 bits per heavy atom. The third-order valence-corrected chi connectivity index (χ3v) is 2.92. The number of aryl methyl sites for hydroxylation is 1. The lowest BCUT2D eigenvalue weighted by Gasteiger charge is -2.10. The fourth-order valence-corrected chi connectivity index (χ4v) is 1.68. The molecule has 0 aliphatic rings. The Labute approximate surface area is 117 Å². The van der Waals surface area contributed by atoms with Crippen LogP contribution >= 0.6 is 0 Å². The molecule has 0 saturated carbocycles. The maximum Gasteiger partial charge on any atom is 0.323 e. The minimum Gasteiger partial charge on any atom is -0.461 e. The zero-order valence-corrected chi connectivity index (χ0v) is 12.3. The average Bonchev–Trinajstić information content (AvgIpc) is 2.65. The Morgan fingerprint density at radius 3 is 2.35 bits per heavy atom. The number of nitrogens with zero attached hydrogens (tertiary/aromatic N) is 5. The molecular weight excluding hydrogens is 258 g/mol. The first-order chi connectivity index (χ1) is 9.42. The van der Waals surface area contributed by atoms with Crippen LogP contribution in [0.15, 0.2) is 0 Å². The molecule has 0 amide bonds. The Morgan fingerprint density at radius 1 is 1.15 bits per heavy atom. The van der Waals surface area contributed by atoms with Gasteiger partial charge in [-0.1, -0.05) is 0 Å². The summed E-state index contributed by atoms with van der Waals surface area (Å²) < 4.78 is 7.15. The second-order valence-corrected chi connectivity index (χ2v) is 4.76. The van der Waals surface area contributed by atoms with Gasteiger partial charge in [0.05, 0.1) is 11.8 Å². The van der Waals surface area contributed by atoms with E-state index >= 15 is 0 Å². The number of nitrogens with two attached hydrogens (primary N) is 1. The molecule has 2 heterocycles. The third kappa shape index (κ3) is 2.69. The van der Waals surface area contributed by atoms with Crippen LogP contribution in [0.5, 0.6) is 6.01 Å². The highest BCUT2D eigenvalue weighted by Gasteiger charge is 2.15. The standard InChI is InChI=1S/C12H19N7O/c1-6(2)20-12-15-10(17-13)14-11(16-12)19-9(5)7(3)8(4)18-19/h6H,13H2,1-5H3,(H,14,15,16,17). The summed E-state index contributed by atoms with van der Waals surface area (Å²) in [6, 6.07) is 0.211. The summed E-state index contributed by atoms with van der Waals surface area (Å²) in [5, 5.41) is 4.42. The Kier molecular flexibility index (Phi) is 3.84. The summed E-state index contributed by atoms with van der Waals surface area (Å²) in [5.41, 5.74) is 5.40. The van der Waals surface area contributed by atoms with Gasteiger partial charge in [-0.25, -0.2) is 10.5 Å². The fourth-order valence-electron chi connectivity index (χ4n) is 1.68. The van der Waals surface area contributed by atoms with E-state index in [9.17, 15) is 0 Å². The van der Waals surface area contributed by atoms with Gasteiger partial charge in [0, 0.05) is 5.69 Å². The molecule has 0 unspecified atom stereocenters. The normalized spacial score (nSPS) is 10.9. The number of ether oxygens (including phenoxy) is 1. The van der Waals surface area contributed by atoms with E-state index in [4.69, 9.17) is 10.6 Å². The summed E-state index contributed by atoms with van der Waals surface area (Å²) in [7, 11) is 0. The van der Waals surface area contributed by atoms with Gasteiger partial charge in [-0.2, -0.15) is 20.1 Å². The number of hydrogen-bond donors (Lipinski definition) is 2. The predicted octanol–water partition coefficient (Wildman–Crippen LogP) is 1.06. The van der Waals surface area contributed by atoms with Crippen molar-refractivity contribution < 1.29 is 4.74 Å². The van der Waals surface area contributed by atoms with Crippen LogP contribution < -0.4 is 16.0 Å². The lowest BCUT2D eigenvalue weighted by Crippen LogP contribution is -2.17. The number of rotatable bonds is 4. The molecule has 0 aliphatic heterocycles. The Balaban J connectivity index is 2.52. The molecule has 2 aromatic rings. The number of nitrogen functional groups attached to an aromatic ring is 1. The van der Waals surface area contributed by atoms with Crippen molar-refractivity contribution in [2.24, 2.45) is 5.84 Å². The predicted molar refractivity (Wildman–Crippen MR) is 74.7 cm³/mol. The molecule has 8 nitrogen and oxygen atoms in total. The molecule has 0 atom stereocenters. The van der Waals surface area contributed by atoms with Crippen LogP contribution in [0.1, 0.15) is 30.8 Å². The van der Waals surface area contributed by atoms with Crippen molar-refractivity contribution in [2.75, 3.05) is 5.43 Å². The number of hydrazine groups is 1. The van der Waals surface area contributed by atoms with E-state index in [0.717, 1.165) is 17.0 Å². The smallest absolute Gasteiger partial charge is 0.323 e. The molecular formula is C12H19N7O. The van der Waals surface area contributed by atoms with E-state index in [-0.39, 0.29) is 18.1 Å². The van der Waals surface area contributed by atoms with Crippen molar-refractivity contribution in [1.82, 2.24) is 24.7 Å². The van der Waals surface area contributed by atoms with Gasteiger partial charge < -0.3 is 4.74 Å². The molecule has 0 aliphatic carbocycles. The molecule has 2 rings (SSSR count). The van der Waals surface area contributed by atoms with E-state index < -0.39 is 0 Å². The van der Waals surface area contributed by atoms with Gasteiger partial charge in [-0.15, -0.1) is 0 Å². The van der Waals surface area contributed by atoms with E-state index in [1.54, 1.807) is 4.68 Å². The lowest BCUT2D eigenvalue weighted by molar-refractivity contribution is 0.221. The lowest BCUT2D eigenvalue weighted by atomic mass is 10.2. The molecule has 20 heavy (non-hydrogen) atoms. The summed E-state index contributed by atoms with van der Waals surface area (Å²) in [4.78, 5) is 12.5. The molecule has 108 valence electrons. The van der Waals surface area contributed by atoms with Crippen LogP contribution in [0.3, 0.4) is 0 Å². The highest BCUT2D eigenvalue weighted by Crippen LogP contribution is 2.17. The second kappa shape index (κ2) is 5.41. The minimum absolute atomic E-state index is 0.0435. The van der Waals surface area contributed by atoms with Crippen molar-refractivity contribution in [3.05, 3.63) is 17.0 Å². The maximum absolute atomic E-state index is 5.50. The van der Waals surface area contributed by atoms with Gasteiger partial charge in [-0.05, 0) is 40.2 Å². The van der Waals surface area contributed by atoms with Crippen molar-refractivity contribution >= 4 is 5.95 Å². The van der Waals surface area contributed by atoms with Gasteiger partial charge in [0.2, 0.25) is 5.95 Å². The first-order valence-corrected chi connectivity index (χ1v) is 6.35. The summed E-state index contributed by atoms with van der Waals surface area (Å²) in [5.74, 6) is 5.99. The van der Waals surface area contributed by atoms with Gasteiger partial charge in [0.1, 0.15) is 0 Å². The highest BCUT2D eigenvalue weighted by atomic mass is 16.5. The molecule has 0 spiro atoms. The first-order valence-electron chi connectivity index (χ1n) is 6.35. The monoisotopic (exact) mass is 277 g/mol. The van der Waals surface area contributed by atoms with Gasteiger partial charge in [-0.3, -0.25) is 5.43 Å². The third-order valence-electron chi connectivity index (χ3n) is 2.92. The molecule has 0 bridgehead atoms. The zero-order valence-electron chi connectivity index (χ0n) is 12.3. The molecule has 0 aromatic carbocycles. The van der Waals surface area contributed by atoms with Gasteiger partial charge in [0.15, 0.2) is 0 Å². The van der Waals surface area contributed by atoms with Crippen LogP contribution in [-0.4, -0.2) is 30.8 Å². The first kappa shape index (κ1) is 14.2. The average molecular weight is 277 g/mol. The molecule has 3 N–H and O–H groups in total. The molecule has 0 fully saturated rings. The van der Waals surface area contributed by atoms with Crippen molar-refractivity contribution in [2.45, 2.75) is 40.7 Å². The molecule has 2 aromatic heterocycles. The van der Waals surface area contributed by atoms with Crippen LogP contribution in [0.2, 0.25) is 0 Å². The SMILES string of the molecule is Cc1nn(-c2nc(NN)nc(OC(C)C)n2)c(C)c1C. The van der Waals surface area contributed by atoms with Crippen molar-refractivity contribution in [1.29, 1.82) is 0 Å². The largest absolute Gasteiger partial charge is 0.461 e. The summed E-state index contributed by atoms with van der Waals surface area (Å²) in [6.07, 6.45) is -0.0435. The number of hydrogen-bond acceptors (Lipinski definition) is 7. The van der Waals surface area contributed by atoms with Crippen LogP contribution in [0, 0.1) is 20.8 Å². The van der Waals surface area contributed by atoms with Crippen LogP contribution in [0.25, 0.3) is 5.95 Å². The van der Waals surface area contributed by atoms with Crippen molar-refractivity contribution in [3.8, 4) is 12.0 Å². The second-order valence-electron chi connectivity index (χ2n) is 4.76. The number of nitrogens with one attached hydrogen (secondary N) is 1. The van der Waals surface area contributed by atoms with E-state index in [0.29, 0.717) is 5.95 Å². The van der Waals surface area contributed by atoms with E-state index in [1.165, 1.54) is 0 Å². The van der Waals surface area contributed by atoms with E-state index in [1.807, 2.05) is 34.6 Å². The molecule has 8 heteroatoms. The van der Waals surface area contributed by atoms with Crippen LogP contribution in [0.4, 0.5) is 5.95 Å². The Hall–Kier alpha value is -2.22. The van der Waals surface area contributed by atoms with Crippen molar-refractivity contribution in [3.63, 3.8) is 0 Å². The maximum atomic E-state index is 5.50. The highest BCUT2D eigenvalue weighted by molar-refractivity contribution is 5.32. The topological polar surface area (TPSA) is 104 Å². The summed E-state index contributed by atoms with van der Waals surface area (Å²) in [6.45, 7) is 9.69. The number of anilines is 1.